The molecule has 0 saturated carbocycles. The Bertz CT molecular complexity index is 1380. The summed E-state index contributed by atoms with van der Waals surface area (Å²) >= 11 is 0. The Morgan fingerprint density at radius 1 is 1.23 bits per heavy atom. The Morgan fingerprint density at radius 2 is 1.97 bits per heavy atom. The molecule has 4 rings (SSSR count). The number of hydrogen-bond donors (Lipinski definition) is 1. The van der Waals surface area contributed by atoms with Gasteiger partial charge in [0.05, 0.1) is 28.8 Å². The minimum atomic E-state index is -0.567. The van der Waals surface area contributed by atoms with Crippen LogP contribution in [0.3, 0.4) is 0 Å². The summed E-state index contributed by atoms with van der Waals surface area (Å²) in [5.74, 6) is 0.306. The smallest absolute Gasteiger partial charge is 0.343 e. The van der Waals surface area contributed by atoms with Crippen LogP contribution in [0.25, 0.3) is 22.0 Å². The lowest BCUT2D eigenvalue weighted by Gasteiger charge is -2.18. The molecular weight excluding hydrogens is 452 g/mol. The number of carbonyl (C=O) groups is 1. The number of aromatic nitrogens is 2. The van der Waals surface area contributed by atoms with Crippen LogP contribution in [0.2, 0.25) is 0 Å². The molecule has 1 N–H and O–H groups in total. The fourth-order valence-corrected chi connectivity index (χ4v) is 3.92. The van der Waals surface area contributed by atoms with Gasteiger partial charge in [0.1, 0.15) is 23.4 Å². The number of esters is 1. The van der Waals surface area contributed by atoms with E-state index in [2.05, 4.69) is 15.5 Å². The van der Waals surface area contributed by atoms with E-state index in [1.807, 2.05) is 37.3 Å². The normalized spacial score (nSPS) is 11.8. The first-order valence-corrected chi connectivity index (χ1v) is 10.9. The van der Waals surface area contributed by atoms with Crippen LogP contribution in [0.15, 0.2) is 53.2 Å². The molecule has 2 heterocycles. The van der Waals surface area contributed by atoms with Crippen molar-refractivity contribution in [2.75, 3.05) is 19.0 Å². The predicted molar refractivity (Wildman–Crippen MR) is 129 cm³/mol. The molecule has 0 spiro atoms. The van der Waals surface area contributed by atoms with Gasteiger partial charge in [-0.2, -0.15) is 0 Å². The Kier molecular flexibility index (Phi) is 6.63. The third-order valence-corrected chi connectivity index (χ3v) is 5.68. The molecule has 2 aromatic heterocycles. The zero-order valence-electron chi connectivity index (χ0n) is 19.7. The first-order chi connectivity index (χ1) is 16.8. The maximum Gasteiger partial charge on any atom is 0.343 e. The summed E-state index contributed by atoms with van der Waals surface area (Å²) in [6, 6.07) is 12.7. The van der Waals surface area contributed by atoms with Gasteiger partial charge in [-0.15, -0.1) is 0 Å². The highest BCUT2D eigenvalue weighted by molar-refractivity contribution is 6.00. The Morgan fingerprint density at radius 3 is 2.60 bits per heavy atom. The quantitative estimate of drug-likeness (QED) is 0.209. The Hall–Kier alpha value is -4.47. The highest BCUT2D eigenvalue weighted by Crippen LogP contribution is 2.42. The van der Waals surface area contributed by atoms with Crippen LogP contribution in [-0.2, 0) is 9.53 Å². The van der Waals surface area contributed by atoms with E-state index in [4.69, 9.17) is 14.0 Å². The molecule has 0 radical (unpaired) electrons. The summed E-state index contributed by atoms with van der Waals surface area (Å²) in [7, 11) is 1.27. The summed E-state index contributed by atoms with van der Waals surface area (Å²) in [6.45, 7) is 5.13. The molecule has 180 valence electrons. The van der Waals surface area contributed by atoms with Crippen molar-refractivity contribution in [1.82, 2.24) is 10.1 Å². The van der Waals surface area contributed by atoms with Gasteiger partial charge in [0.2, 0.25) is 0 Å². The van der Waals surface area contributed by atoms with Crippen molar-refractivity contribution >= 4 is 28.2 Å². The molecule has 1 atom stereocenters. The van der Waals surface area contributed by atoms with Crippen LogP contribution in [0.1, 0.15) is 30.0 Å². The molecule has 0 fully saturated rings. The van der Waals surface area contributed by atoms with Crippen molar-refractivity contribution < 1.29 is 23.7 Å². The van der Waals surface area contributed by atoms with E-state index in [1.54, 1.807) is 26.0 Å². The largest absolute Gasteiger partial charge is 0.481 e. The van der Waals surface area contributed by atoms with Crippen molar-refractivity contribution in [3.8, 4) is 16.9 Å². The van der Waals surface area contributed by atoms with Crippen LogP contribution in [0.5, 0.6) is 5.75 Å². The summed E-state index contributed by atoms with van der Waals surface area (Å²) in [6.07, 6.45) is 1.23. The second-order valence-corrected chi connectivity index (χ2v) is 7.98. The number of nitrogens with zero attached hydrogens (tertiary/aromatic N) is 3. The molecule has 0 aliphatic carbocycles. The SMILES string of the molecule is COC(=O)COc1cc2c(N[C@H](C)c3ccccc3)c([N+](=O)[O-])cnc2cc1-c1c(C)noc1C. The number of pyridine rings is 1. The van der Waals surface area contributed by atoms with E-state index in [-0.39, 0.29) is 18.3 Å². The van der Waals surface area contributed by atoms with E-state index in [9.17, 15) is 14.9 Å². The van der Waals surface area contributed by atoms with Gasteiger partial charge in [0.25, 0.3) is 0 Å². The lowest BCUT2D eigenvalue weighted by atomic mass is 9.99. The van der Waals surface area contributed by atoms with Gasteiger partial charge in [-0.3, -0.25) is 10.1 Å². The van der Waals surface area contributed by atoms with Crippen LogP contribution in [0.4, 0.5) is 11.4 Å². The Labute approximate surface area is 201 Å². The summed E-state index contributed by atoms with van der Waals surface area (Å²) < 4.78 is 15.8. The molecule has 4 aromatic rings. The fourth-order valence-electron chi connectivity index (χ4n) is 3.92. The second-order valence-electron chi connectivity index (χ2n) is 7.98. The van der Waals surface area contributed by atoms with Crippen molar-refractivity contribution in [2.24, 2.45) is 0 Å². The van der Waals surface area contributed by atoms with Crippen LogP contribution in [0, 0.1) is 24.0 Å². The number of rotatable bonds is 8. The first-order valence-electron chi connectivity index (χ1n) is 10.9. The Balaban J connectivity index is 1.91. The van der Waals surface area contributed by atoms with Gasteiger partial charge in [-0.25, -0.2) is 9.78 Å². The summed E-state index contributed by atoms with van der Waals surface area (Å²) in [5, 5.41) is 19.6. The standard InChI is InChI=1S/C25H24N4O6/c1-14(17-8-6-5-7-9-17)27-25-18-11-22(34-13-23(30)33-4)19(24-15(2)28-35-16(24)3)10-20(18)26-12-21(25)29(31)32/h5-12,14H,13H2,1-4H3,(H,26,27)/t14-/m1/s1. The summed E-state index contributed by atoms with van der Waals surface area (Å²) in [5.41, 5.74) is 3.50. The van der Waals surface area contributed by atoms with E-state index < -0.39 is 10.9 Å². The zero-order chi connectivity index (χ0) is 25.1. The number of hydrogen-bond acceptors (Lipinski definition) is 9. The minimum absolute atomic E-state index is 0.177. The number of fused-ring (bicyclic) bond motifs is 1. The maximum atomic E-state index is 11.9. The molecule has 0 unspecified atom stereocenters. The maximum absolute atomic E-state index is 11.9. The van der Waals surface area contributed by atoms with Gasteiger partial charge in [-0.05, 0) is 38.5 Å². The monoisotopic (exact) mass is 476 g/mol. The molecule has 0 aliphatic heterocycles. The average molecular weight is 476 g/mol. The van der Waals surface area contributed by atoms with Gasteiger partial charge in [0.15, 0.2) is 6.61 Å². The number of nitrogens with one attached hydrogen (secondary N) is 1. The third kappa shape index (κ3) is 4.77. The van der Waals surface area contributed by atoms with Crippen LogP contribution < -0.4 is 10.1 Å². The number of nitro groups is 1. The van der Waals surface area contributed by atoms with Gasteiger partial charge < -0.3 is 19.3 Å². The lowest BCUT2D eigenvalue weighted by Crippen LogP contribution is -2.13. The first kappa shape index (κ1) is 23.7. The molecule has 10 nitrogen and oxygen atoms in total. The summed E-state index contributed by atoms with van der Waals surface area (Å²) in [4.78, 5) is 27.5. The number of anilines is 1. The molecule has 2 aromatic carbocycles. The number of carbonyl (C=O) groups excluding carboxylic acids is 1. The minimum Gasteiger partial charge on any atom is -0.481 e. The lowest BCUT2D eigenvalue weighted by molar-refractivity contribution is -0.384. The zero-order valence-corrected chi connectivity index (χ0v) is 19.7. The number of benzene rings is 2. The van der Waals surface area contributed by atoms with E-state index in [0.29, 0.717) is 44.9 Å². The van der Waals surface area contributed by atoms with Crippen LogP contribution in [-0.4, -0.2) is 34.7 Å². The molecule has 0 amide bonds. The van der Waals surface area contributed by atoms with Crippen molar-refractivity contribution in [2.45, 2.75) is 26.8 Å². The number of aryl methyl sites for hydroxylation is 2. The van der Waals surface area contributed by atoms with Gasteiger partial charge in [0, 0.05) is 17.0 Å². The van der Waals surface area contributed by atoms with Crippen LogP contribution >= 0.6 is 0 Å². The van der Waals surface area contributed by atoms with Gasteiger partial charge >= 0.3 is 11.7 Å². The van der Waals surface area contributed by atoms with E-state index in [0.717, 1.165) is 5.56 Å². The molecule has 0 saturated heterocycles. The van der Waals surface area contributed by atoms with Crippen molar-refractivity contribution in [3.05, 3.63) is 75.8 Å². The number of ether oxygens (including phenoxy) is 2. The van der Waals surface area contributed by atoms with Crippen molar-refractivity contribution in [1.29, 1.82) is 0 Å². The molecular formula is C25H24N4O6. The molecule has 0 bridgehead atoms. The average Bonchev–Trinajstić information content (AvgIpc) is 3.19. The molecule has 35 heavy (non-hydrogen) atoms. The fraction of sp³-hybridized carbons (Fsp3) is 0.240. The van der Waals surface area contributed by atoms with E-state index >= 15 is 0 Å². The van der Waals surface area contributed by atoms with Gasteiger partial charge in [-0.1, -0.05) is 35.5 Å². The predicted octanol–water partition coefficient (Wildman–Crippen LogP) is 5.14. The molecule has 10 heteroatoms. The van der Waals surface area contributed by atoms with Crippen molar-refractivity contribution in [3.63, 3.8) is 0 Å². The molecule has 0 aliphatic rings. The topological polar surface area (TPSA) is 130 Å². The van der Waals surface area contributed by atoms with E-state index in [1.165, 1.54) is 13.3 Å². The second kappa shape index (κ2) is 9.80. The number of methoxy groups -OCH3 is 1. The highest BCUT2D eigenvalue weighted by Gasteiger charge is 2.24. The third-order valence-electron chi connectivity index (χ3n) is 5.68. The highest BCUT2D eigenvalue weighted by atomic mass is 16.6.